The molecular formula is C21H19N3O3. The van der Waals surface area contributed by atoms with Crippen molar-refractivity contribution in [2.75, 3.05) is 17.3 Å². The maximum absolute atomic E-state index is 12.9. The van der Waals surface area contributed by atoms with E-state index in [0.29, 0.717) is 17.2 Å². The Morgan fingerprint density at radius 2 is 1.78 bits per heavy atom. The van der Waals surface area contributed by atoms with Crippen LogP contribution in [0.15, 0.2) is 65.2 Å². The summed E-state index contributed by atoms with van der Waals surface area (Å²) in [6.07, 6.45) is 2.14. The van der Waals surface area contributed by atoms with E-state index in [0.717, 1.165) is 24.3 Å². The number of amides is 2. The molecular weight excluding hydrogens is 342 g/mol. The van der Waals surface area contributed by atoms with Crippen LogP contribution < -0.4 is 10.2 Å². The fourth-order valence-electron chi connectivity index (χ4n) is 2.87. The molecule has 0 saturated heterocycles. The normalized spacial score (nSPS) is 13.2. The summed E-state index contributed by atoms with van der Waals surface area (Å²) in [5.74, 6) is 0.518. The second kappa shape index (κ2) is 7.07. The van der Waals surface area contributed by atoms with Crippen molar-refractivity contribution in [2.24, 2.45) is 0 Å². The highest BCUT2D eigenvalue weighted by molar-refractivity contribution is 6.12. The highest BCUT2D eigenvalue weighted by atomic mass is 16.5. The van der Waals surface area contributed by atoms with Crippen molar-refractivity contribution in [3.63, 3.8) is 0 Å². The second-order valence-corrected chi connectivity index (χ2v) is 6.59. The van der Waals surface area contributed by atoms with E-state index in [9.17, 15) is 9.59 Å². The molecule has 0 bridgehead atoms. The van der Waals surface area contributed by atoms with Gasteiger partial charge in [0.15, 0.2) is 5.69 Å². The minimum Gasteiger partial charge on any atom is -0.360 e. The topological polar surface area (TPSA) is 75.4 Å². The molecule has 136 valence electrons. The van der Waals surface area contributed by atoms with Gasteiger partial charge in [0.1, 0.15) is 5.76 Å². The molecule has 6 nitrogen and oxygen atoms in total. The molecule has 1 saturated carbocycles. The average Bonchev–Trinajstić information content (AvgIpc) is 3.44. The number of nitrogens with zero attached hydrogens (tertiary/aromatic N) is 2. The Kier molecular flexibility index (Phi) is 4.46. The van der Waals surface area contributed by atoms with Gasteiger partial charge in [-0.1, -0.05) is 35.5 Å². The number of rotatable bonds is 5. The zero-order chi connectivity index (χ0) is 18.8. The molecule has 4 rings (SSSR count). The number of carbonyl (C=O) groups is 2. The maximum Gasteiger partial charge on any atom is 0.277 e. The van der Waals surface area contributed by atoms with E-state index >= 15 is 0 Å². The molecule has 0 aliphatic heterocycles. The summed E-state index contributed by atoms with van der Waals surface area (Å²) in [5, 5.41) is 6.63. The van der Waals surface area contributed by atoms with Gasteiger partial charge >= 0.3 is 0 Å². The van der Waals surface area contributed by atoms with Gasteiger partial charge in [-0.3, -0.25) is 9.59 Å². The molecule has 1 heterocycles. The van der Waals surface area contributed by atoms with Gasteiger partial charge in [0.25, 0.3) is 11.8 Å². The minimum atomic E-state index is -0.395. The first-order valence-electron chi connectivity index (χ1n) is 8.83. The predicted molar refractivity (Wildman–Crippen MR) is 102 cm³/mol. The van der Waals surface area contributed by atoms with Gasteiger partial charge in [0, 0.05) is 24.7 Å². The number of carbonyl (C=O) groups excluding carboxylic acids is 2. The van der Waals surface area contributed by atoms with Crippen LogP contribution in [0.2, 0.25) is 0 Å². The lowest BCUT2D eigenvalue weighted by Crippen LogP contribution is -2.27. The number of nitrogens with one attached hydrogen (secondary N) is 1. The van der Waals surface area contributed by atoms with E-state index in [-0.39, 0.29) is 11.6 Å². The van der Waals surface area contributed by atoms with Crippen molar-refractivity contribution in [1.29, 1.82) is 0 Å². The third kappa shape index (κ3) is 3.60. The molecule has 3 aromatic rings. The van der Waals surface area contributed by atoms with Gasteiger partial charge in [0.05, 0.1) is 11.3 Å². The molecule has 2 aromatic carbocycles. The highest BCUT2D eigenvalue weighted by Crippen LogP contribution is 2.40. The monoisotopic (exact) mass is 361 g/mol. The van der Waals surface area contributed by atoms with Crippen molar-refractivity contribution < 1.29 is 14.1 Å². The van der Waals surface area contributed by atoms with Crippen LogP contribution in [0.1, 0.15) is 45.4 Å². The van der Waals surface area contributed by atoms with Gasteiger partial charge < -0.3 is 14.7 Å². The van der Waals surface area contributed by atoms with Crippen molar-refractivity contribution >= 4 is 23.2 Å². The summed E-state index contributed by atoms with van der Waals surface area (Å²) < 4.78 is 5.24. The standard InChI is InChI=1S/C21H19N3O3/c1-24(15-7-3-2-4-8-15)21(26)16-9-5-6-10-17(16)22-20(25)18-13-19(27-23-18)14-11-12-14/h2-10,13-14H,11-12H2,1H3,(H,22,25). The van der Waals surface area contributed by atoms with Crippen molar-refractivity contribution in [3.05, 3.63) is 77.7 Å². The Balaban J connectivity index is 1.55. The molecule has 1 aliphatic carbocycles. The number of anilines is 2. The van der Waals surface area contributed by atoms with Crippen molar-refractivity contribution in [2.45, 2.75) is 18.8 Å². The zero-order valence-electron chi connectivity index (χ0n) is 14.9. The first-order valence-corrected chi connectivity index (χ1v) is 8.83. The van der Waals surface area contributed by atoms with Crippen molar-refractivity contribution in [1.82, 2.24) is 5.16 Å². The fourth-order valence-corrected chi connectivity index (χ4v) is 2.87. The van der Waals surface area contributed by atoms with E-state index < -0.39 is 5.91 Å². The van der Waals surface area contributed by atoms with E-state index in [1.54, 1.807) is 42.3 Å². The molecule has 1 N–H and O–H groups in total. The lowest BCUT2D eigenvalue weighted by Gasteiger charge is -2.19. The molecule has 27 heavy (non-hydrogen) atoms. The first-order chi connectivity index (χ1) is 13.1. The lowest BCUT2D eigenvalue weighted by molar-refractivity contribution is 0.0994. The number of benzene rings is 2. The van der Waals surface area contributed by atoms with Crippen LogP contribution >= 0.6 is 0 Å². The number of para-hydroxylation sites is 2. The highest BCUT2D eigenvalue weighted by Gasteiger charge is 2.29. The Morgan fingerprint density at radius 3 is 2.52 bits per heavy atom. The smallest absolute Gasteiger partial charge is 0.277 e. The van der Waals surface area contributed by atoms with Gasteiger partial charge in [-0.25, -0.2) is 0 Å². The summed E-state index contributed by atoms with van der Waals surface area (Å²) in [4.78, 5) is 27.0. The minimum absolute atomic E-state index is 0.212. The summed E-state index contributed by atoms with van der Waals surface area (Å²) in [6.45, 7) is 0. The first kappa shape index (κ1) is 17.0. The quantitative estimate of drug-likeness (QED) is 0.743. The Bertz CT molecular complexity index is 977. The molecule has 0 radical (unpaired) electrons. The summed E-state index contributed by atoms with van der Waals surface area (Å²) in [6, 6.07) is 17.9. The zero-order valence-corrected chi connectivity index (χ0v) is 14.9. The van der Waals surface area contributed by atoms with Crippen LogP contribution in [0, 0.1) is 0 Å². The molecule has 6 heteroatoms. The maximum atomic E-state index is 12.9. The van der Waals surface area contributed by atoms with Crippen LogP contribution in [0.25, 0.3) is 0 Å². The third-order valence-electron chi connectivity index (χ3n) is 4.59. The lowest BCUT2D eigenvalue weighted by atomic mass is 10.1. The van der Waals surface area contributed by atoms with Crippen molar-refractivity contribution in [3.8, 4) is 0 Å². The van der Waals surface area contributed by atoms with E-state index in [1.807, 2.05) is 30.3 Å². The molecule has 0 atom stereocenters. The van der Waals surface area contributed by atoms with Crippen LogP contribution in [0.4, 0.5) is 11.4 Å². The van der Waals surface area contributed by atoms with E-state index in [1.165, 1.54) is 0 Å². The Morgan fingerprint density at radius 1 is 1.07 bits per heavy atom. The average molecular weight is 361 g/mol. The third-order valence-corrected chi connectivity index (χ3v) is 4.59. The van der Waals surface area contributed by atoms with Gasteiger partial charge in [0.2, 0.25) is 0 Å². The van der Waals surface area contributed by atoms with E-state index in [4.69, 9.17) is 4.52 Å². The van der Waals surface area contributed by atoms with Crippen LogP contribution in [-0.2, 0) is 0 Å². The molecule has 2 amide bonds. The van der Waals surface area contributed by atoms with Gasteiger partial charge in [-0.15, -0.1) is 0 Å². The largest absolute Gasteiger partial charge is 0.360 e. The summed E-state index contributed by atoms with van der Waals surface area (Å²) >= 11 is 0. The van der Waals surface area contributed by atoms with E-state index in [2.05, 4.69) is 10.5 Å². The van der Waals surface area contributed by atoms with Crippen LogP contribution in [0.3, 0.4) is 0 Å². The summed E-state index contributed by atoms with van der Waals surface area (Å²) in [5.41, 5.74) is 1.83. The Labute approximate surface area is 156 Å². The molecule has 1 aromatic heterocycles. The number of hydrogen-bond acceptors (Lipinski definition) is 4. The SMILES string of the molecule is CN(C(=O)c1ccccc1NC(=O)c1cc(C2CC2)on1)c1ccccc1. The van der Waals surface area contributed by atoms with Gasteiger partial charge in [-0.05, 0) is 37.1 Å². The number of aromatic nitrogens is 1. The number of hydrogen-bond donors (Lipinski definition) is 1. The van der Waals surface area contributed by atoms with Gasteiger partial charge in [-0.2, -0.15) is 0 Å². The fraction of sp³-hybridized carbons (Fsp3) is 0.190. The molecule has 1 aliphatic rings. The predicted octanol–water partition coefficient (Wildman–Crippen LogP) is 4.08. The molecule has 0 spiro atoms. The molecule has 1 fully saturated rings. The second-order valence-electron chi connectivity index (χ2n) is 6.59. The molecule has 0 unspecified atom stereocenters. The van der Waals surface area contributed by atoms with Crippen LogP contribution in [0.5, 0.6) is 0 Å². The summed E-state index contributed by atoms with van der Waals surface area (Å²) in [7, 11) is 1.70. The van der Waals surface area contributed by atoms with Crippen LogP contribution in [-0.4, -0.2) is 24.0 Å². The Hall–Kier alpha value is -3.41.